The second kappa shape index (κ2) is 11.8. The maximum Gasteiger partial charge on any atom is 0.335 e. The highest BCUT2D eigenvalue weighted by Gasteiger charge is 2.22. The van der Waals surface area contributed by atoms with E-state index in [0.717, 1.165) is 10.5 Å². The lowest BCUT2D eigenvalue weighted by Crippen LogP contribution is -2.19. The molecule has 0 aliphatic carbocycles. The largest absolute Gasteiger partial charge is 0.478 e. The fourth-order valence-corrected chi connectivity index (χ4v) is 4.55. The van der Waals surface area contributed by atoms with E-state index in [1.165, 1.54) is 48.2 Å². The molecular formula is C28H21N3O6S. The Morgan fingerprint density at radius 1 is 0.763 bits per heavy atom. The summed E-state index contributed by atoms with van der Waals surface area (Å²) in [5.41, 5.74) is 1.90. The van der Waals surface area contributed by atoms with Gasteiger partial charge < -0.3 is 15.7 Å². The van der Waals surface area contributed by atoms with Crippen molar-refractivity contribution < 1.29 is 24.4 Å². The van der Waals surface area contributed by atoms with E-state index in [4.69, 9.17) is 0 Å². The number of benzene rings is 4. The number of nitrogens with zero attached hydrogens (tertiary/aromatic N) is 1. The van der Waals surface area contributed by atoms with Crippen LogP contribution in [0.2, 0.25) is 0 Å². The van der Waals surface area contributed by atoms with Gasteiger partial charge in [-0.05, 0) is 60.2 Å². The first-order valence-electron chi connectivity index (χ1n) is 11.3. The van der Waals surface area contributed by atoms with Crippen molar-refractivity contribution in [1.29, 1.82) is 0 Å². The number of nitrogens with one attached hydrogen (secondary N) is 2. The monoisotopic (exact) mass is 527 g/mol. The van der Waals surface area contributed by atoms with Crippen molar-refractivity contribution in [2.75, 3.05) is 10.6 Å². The summed E-state index contributed by atoms with van der Waals surface area (Å²) in [5, 5.41) is 24.9. The van der Waals surface area contributed by atoms with Crippen LogP contribution in [0.15, 0.2) is 108 Å². The second-order valence-electron chi connectivity index (χ2n) is 8.07. The molecule has 4 aromatic rings. The maximum absolute atomic E-state index is 13.3. The van der Waals surface area contributed by atoms with Gasteiger partial charge in [-0.2, -0.15) is 0 Å². The van der Waals surface area contributed by atoms with Crippen LogP contribution >= 0.6 is 11.8 Å². The van der Waals surface area contributed by atoms with Gasteiger partial charge in [-0.15, -0.1) is 11.8 Å². The molecule has 0 bridgehead atoms. The molecule has 190 valence electrons. The predicted octanol–water partition coefficient (Wildman–Crippen LogP) is 6.02. The summed E-state index contributed by atoms with van der Waals surface area (Å²) in [6.45, 7) is 0. The van der Waals surface area contributed by atoms with Crippen LogP contribution in [0.1, 0.15) is 31.5 Å². The number of aromatic carboxylic acids is 1. The van der Waals surface area contributed by atoms with E-state index in [1.807, 2.05) is 30.3 Å². The van der Waals surface area contributed by atoms with E-state index in [1.54, 1.807) is 36.4 Å². The molecular weight excluding hydrogens is 506 g/mol. The number of carbonyl (C=O) groups excluding carboxylic acids is 2. The molecule has 0 fully saturated rings. The Balaban J connectivity index is 1.47. The number of nitro benzene ring substituents is 1. The van der Waals surface area contributed by atoms with Gasteiger partial charge in [0.1, 0.15) is 5.25 Å². The Morgan fingerprint density at radius 3 is 2.08 bits per heavy atom. The van der Waals surface area contributed by atoms with Crippen molar-refractivity contribution in [1.82, 2.24) is 0 Å². The molecule has 1 unspecified atom stereocenters. The number of hydrogen-bond donors (Lipinski definition) is 3. The summed E-state index contributed by atoms with van der Waals surface area (Å²) < 4.78 is 0. The second-order valence-corrected chi connectivity index (χ2v) is 9.24. The van der Waals surface area contributed by atoms with Gasteiger partial charge in [0.2, 0.25) is 5.91 Å². The molecule has 0 saturated carbocycles. The first kappa shape index (κ1) is 26.1. The Hall–Kier alpha value is -4.96. The third-order valence-electron chi connectivity index (χ3n) is 5.42. The first-order valence-corrected chi connectivity index (χ1v) is 12.2. The highest BCUT2D eigenvalue weighted by molar-refractivity contribution is 8.00. The minimum Gasteiger partial charge on any atom is -0.478 e. The fraction of sp³-hybridized carbons (Fsp3) is 0.0357. The van der Waals surface area contributed by atoms with Gasteiger partial charge >= 0.3 is 5.97 Å². The average Bonchev–Trinajstić information content (AvgIpc) is 2.93. The number of amides is 2. The Kier molecular flexibility index (Phi) is 8.14. The molecule has 0 aliphatic rings. The molecule has 1 atom stereocenters. The average molecular weight is 528 g/mol. The van der Waals surface area contributed by atoms with Crippen LogP contribution in [-0.2, 0) is 4.79 Å². The molecule has 0 spiro atoms. The van der Waals surface area contributed by atoms with Gasteiger partial charge in [0.05, 0.1) is 10.5 Å². The van der Waals surface area contributed by atoms with Crippen LogP contribution in [0.4, 0.5) is 17.1 Å². The lowest BCUT2D eigenvalue weighted by molar-refractivity contribution is -0.384. The zero-order chi connectivity index (χ0) is 27.1. The number of hydrogen-bond acceptors (Lipinski definition) is 6. The van der Waals surface area contributed by atoms with Crippen LogP contribution in [0.3, 0.4) is 0 Å². The molecule has 38 heavy (non-hydrogen) atoms. The Labute approximate surface area is 221 Å². The maximum atomic E-state index is 13.3. The predicted molar refractivity (Wildman–Crippen MR) is 145 cm³/mol. The molecule has 4 aromatic carbocycles. The number of carboxylic acid groups (broad SMARTS) is 1. The third kappa shape index (κ3) is 6.62. The minimum absolute atomic E-state index is 0.0677. The normalized spacial score (nSPS) is 11.3. The fourth-order valence-electron chi connectivity index (χ4n) is 3.53. The molecule has 9 nitrogen and oxygen atoms in total. The molecule has 0 saturated heterocycles. The van der Waals surface area contributed by atoms with E-state index in [-0.39, 0.29) is 22.7 Å². The highest BCUT2D eigenvalue weighted by atomic mass is 32.2. The van der Waals surface area contributed by atoms with Crippen molar-refractivity contribution in [3.8, 4) is 0 Å². The molecule has 0 aromatic heterocycles. The standard InChI is InChI=1S/C28H21N3O6S/c32-26(19-9-13-23(14-10-19)31(36)37)29-21-11-15-24(16-12-21)38-25(18-5-2-1-3-6-18)27(33)30-22-8-4-7-20(17-22)28(34)35/h1-17,25H,(H,29,32)(H,30,33)(H,34,35). The molecule has 0 aliphatic heterocycles. The van der Waals surface area contributed by atoms with Crippen LogP contribution in [0.25, 0.3) is 0 Å². The van der Waals surface area contributed by atoms with Crippen LogP contribution < -0.4 is 10.6 Å². The zero-order valence-corrected chi connectivity index (χ0v) is 20.6. The summed E-state index contributed by atoms with van der Waals surface area (Å²) in [5.74, 6) is -1.82. The zero-order valence-electron chi connectivity index (χ0n) is 19.7. The third-order valence-corrected chi connectivity index (χ3v) is 6.69. The van der Waals surface area contributed by atoms with Gasteiger partial charge in [-0.25, -0.2) is 4.79 Å². The number of thioether (sulfide) groups is 1. The van der Waals surface area contributed by atoms with Gasteiger partial charge in [0, 0.05) is 34.0 Å². The van der Waals surface area contributed by atoms with Gasteiger partial charge in [-0.3, -0.25) is 19.7 Å². The van der Waals surface area contributed by atoms with Crippen molar-refractivity contribution in [3.05, 3.63) is 130 Å². The molecule has 2 amide bonds. The van der Waals surface area contributed by atoms with Crippen molar-refractivity contribution in [2.24, 2.45) is 0 Å². The van der Waals surface area contributed by atoms with E-state index < -0.39 is 22.0 Å². The van der Waals surface area contributed by atoms with Crippen molar-refractivity contribution >= 4 is 46.6 Å². The van der Waals surface area contributed by atoms with E-state index in [2.05, 4.69) is 10.6 Å². The molecule has 4 rings (SSSR count). The van der Waals surface area contributed by atoms with E-state index >= 15 is 0 Å². The number of rotatable bonds is 9. The number of nitro groups is 1. The SMILES string of the molecule is O=C(O)c1cccc(NC(=O)C(Sc2ccc(NC(=O)c3ccc([N+](=O)[O-])cc3)cc2)c2ccccc2)c1. The summed E-state index contributed by atoms with van der Waals surface area (Å²) in [7, 11) is 0. The molecule has 10 heteroatoms. The smallest absolute Gasteiger partial charge is 0.335 e. The van der Waals surface area contributed by atoms with Crippen LogP contribution in [-0.4, -0.2) is 27.8 Å². The van der Waals surface area contributed by atoms with Crippen LogP contribution in [0, 0.1) is 10.1 Å². The number of non-ortho nitro benzene ring substituents is 1. The number of carboxylic acids is 1. The first-order chi connectivity index (χ1) is 18.3. The molecule has 0 radical (unpaired) electrons. The minimum atomic E-state index is -1.09. The number of anilines is 2. The Morgan fingerprint density at radius 2 is 1.45 bits per heavy atom. The number of carbonyl (C=O) groups is 3. The highest BCUT2D eigenvalue weighted by Crippen LogP contribution is 2.36. The Bertz CT molecular complexity index is 1470. The molecule has 0 heterocycles. The van der Waals surface area contributed by atoms with Gasteiger partial charge in [-0.1, -0.05) is 36.4 Å². The molecule has 3 N–H and O–H groups in total. The summed E-state index contributed by atoms with van der Waals surface area (Å²) in [4.78, 5) is 48.1. The van der Waals surface area contributed by atoms with E-state index in [9.17, 15) is 29.6 Å². The van der Waals surface area contributed by atoms with Crippen molar-refractivity contribution in [3.63, 3.8) is 0 Å². The van der Waals surface area contributed by atoms with Crippen molar-refractivity contribution in [2.45, 2.75) is 10.1 Å². The lowest BCUT2D eigenvalue weighted by Gasteiger charge is -2.17. The topological polar surface area (TPSA) is 139 Å². The lowest BCUT2D eigenvalue weighted by atomic mass is 10.1. The summed E-state index contributed by atoms with van der Waals surface area (Å²) >= 11 is 1.30. The summed E-state index contributed by atoms with van der Waals surface area (Å²) in [6, 6.07) is 27.4. The van der Waals surface area contributed by atoms with Gasteiger partial charge in [0.25, 0.3) is 11.6 Å². The van der Waals surface area contributed by atoms with Crippen LogP contribution in [0.5, 0.6) is 0 Å². The summed E-state index contributed by atoms with van der Waals surface area (Å²) in [6.07, 6.45) is 0. The quantitative estimate of drug-likeness (QED) is 0.137. The van der Waals surface area contributed by atoms with E-state index in [0.29, 0.717) is 11.4 Å². The van der Waals surface area contributed by atoms with Gasteiger partial charge in [0.15, 0.2) is 0 Å².